The Kier molecular flexibility index (Phi) is 5.20. The average Bonchev–Trinajstić information content (AvgIpc) is 2.38. The molecule has 0 N–H and O–H groups in total. The first-order chi connectivity index (χ1) is 8.51. The summed E-state index contributed by atoms with van der Waals surface area (Å²) in [7, 11) is 5.27. The van der Waals surface area contributed by atoms with Crippen molar-refractivity contribution in [3.8, 4) is 5.75 Å². The van der Waals surface area contributed by atoms with Crippen molar-refractivity contribution in [1.82, 2.24) is 4.90 Å². The maximum Gasteiger partial charge on any atom is 0.225 e. The maximum atomic E-state index is 12.1. The highest BCUT2D eigenvalue weighted by atomic mass is 16.5. The minimum absolute atomic E-state index is 0.0166. The van der Waals surface area contributed by atoms with Gasteiger partial charge in [-0.3, -0.25) is 4.79 Å². The van der Waals surface area contributed by atoms with Crippen molar-refractivity contribution in [3.05, 3.63) is 29.8 Å². The minimum Gasteiger partial charge on any atom is -0.497 e. The molecule has 1 aromatic rings. The van der Waals surface area contributed by atoms with Gasteiger partial charge in [0.15, 0.2) is 0 Å². The first kappa shape index (κ1) is 14.6. The summed E-state index contributed by atoms with van der Waals surface area (Å²) in [5.41, 5.74) is 1.17. The molecular weight excluding hydrogens is 226 g/mol. The Balaban J connectivity index is 2.98. The van der Waals surface area contributed by atoms with Gasteiger partial charge in [-0.05, 0) is 30.0 Å². The van der Waals surface area contributed by atoms with Gasteiger partial charge in [0.25, 0.3) is 0 Å². The van der Waals surface area contributed by atoms with E-state index < -0.39 is 0 Å². The summed E-state index contributed by atoms with van der Waals surface area (Å²) in [4.78, 5) is 13.7. The second-order valence-corrected chi connectivity index (χ2v) is 4.81. The molecule has 0 fully saturated rings. The molecule has 0 heterocycles. The van der Waals surface area contributed by atoms with Gasteiger partial charge in [0.2, 0.25) is 5.91 Å². The molecule has 1 rings (SSSR count). The topological polar surface area (TPSA) is 29.5 Å². The highest BCUT2D eigenvalue weighted by Crippen LogP contribution is 2.30. The lowest BCUT2D eigenvalue weighted by atomic mass is 9.84. The summed E-state index contributed by atoms with van der Waals surface area (Å²) in [5.74, 6) is 1.23. The number of ether oxygens (including phenoxy) is 1. The molecule has 0 saturated heterocycles. The van der Waals surface area contributed by atoms with Gasteiger partial charge in [0.05, 0.1) is 7.11 Å². The van der Waals surface area contributed by atoms with Crippen LogP contribution >= 0.6 is 0 Å². The number of rotatable bonds is 5. The zero-order chi connectivity index (χ0) is 13.7. The fourth-order valence-electron chi connectivity index (χ4n) is 2.33. The molecule has 0 aromatic heterocycles. The standard InChI is InChI=1S/C15H23NO2/c1-6-14(11(2)15(17)16(3)4)12-8-7-9-13(10-12)18-5/h7-11,14H,6H2,1-5H3/t11-,14?/m1/s1. The monoisotopic (exact) mass is 249 g/mol. The number of carbonyl (C=O) groups is 1. The lowest BCUT2D eigenvalue weighted by Gasteiger charge is -2.25. The molecule has 100 valence electrons. The second-order valence-electron chi connectivity index (χ2n) is 4.81. The van der Waals surface area contributed by atoms with E-state index in [9.17, 15) is 4.79 Å². The molecule has 3 heteroatoms. The van der Waals surface area contributed by atoms with Crippen molar-refractivity contribution in [1.29, 1.82) is 0 Å². The van der Waals surface area contributed by atoms with E-state index in [0.717, 1.165) is 12.2 Å². The Morgan fingerprint density at radius 1 is 1.39 bits per heavy atom. The molecule has 0 saturated carbocycles. The van der Waals surface area contributed by atoms with Crippen LogP contribution < -0.4 is 4.74 Å². The van der Waals surface area contributed by atoms with Crippen LogP contribution in [-0.4, -0.2) is 32.0 Å². The third kappa shape index (κ3) is 3.25. The van der Waals surface area contributed by atoms with E-state index in [1.54, 1.807) is 26.1 Å². The van der Waals surface area contributed by atoms with Crippen molar-refractivity contribution in [3.63, 3.8) is 0 Å². The molecule has 1 unspecified atom stereocenters. The number of hydrogen-bond donors (Lipinski definition) is 0. The fraction of sp³-hybridized carbons (Fsp3) is 0.533. The van der Waals surface area contributed by atoms with E-state index in [1.807, 2.05) is 25.1 Å². The Morgan fingerprint density at radius 3 is 2.56 bits per heavy atom. The predicted molar refractivity (Wildman–Crippen MR) is 73.9 cm³/mol. The highest BCUT2D eigenvalue weighted by molar-refractivity contribution is 5.79. The number of nitrogens with zero attached hydrogens (tertiary/aromatic N) is 1. The van der Waals surface area contributed by atoms with Gasteiger partial charge in [0.1, 0.15) is 5.75 Å². The second kappa shape index (κ2) is 6.43. The molecule has 0 spiro atoms. The van der Waals surface area contributed by atoms with Crippen molar-refractivity contribution in [2.45, 2.75) is 26.2 Å². The van der Waals surface area contributed by atoms with Gasteiger partial charge in [0, 0.05) is 20.0 Å². The number of carbonyl (C=O) groups excluding carboxylic acids is 1. The van der Waals surface area contributed by atoms with Crippen LogP contribution in [0.5, 0.6) is 5.75 Å². The van der Waals surface area contributed by atoms with E-state index in [-0.39, 0.29) is 17.7 Å². The maximum absolute atomic E-state index is 12.1. The molecule has 1 aromatic carbocycles. The molecule has 3 nitrogen and oxygen atoms in total. The van der Waals surface area contributed by atoms with Crippen molar-refractivity contribution in [2.75, 3.05) is 21.2 Å². The van der Waals surface area contributed by atoms with E-state index in [0.29, 0.717) is 0 Å². The van der Waals surface area contributed by atoms with Crippen molar-refractivity contribution >= 4 is 5.91 Å². The van der Waals surface area contributed by atoms with Gasteiger partial charge < -0.3 is 9.64 Å². The van der Waals surface area contributed by atoms with Crippen LogP contribution in [0.1, 0.15) is 31.7 Å². The van der Waals surface area contributed by atoms with Crippen LogP contribution in [0.25, 0.3) is 0 Å². The zero-order valence-electron chi connectivity index (χ0n) is 11.9. The number of amides is 1. The van der Waals surface area contributed by atoms with Crippen molar-refractivity contribution < 1.29 is 9.53 Å². The van der Waals surface area contributed by atoms with Crippen LogP contribution in [0.4, 0.5) is 0 Å². The SMILES string of the molecule is CCC(c1cccc(OC)c1)[C@@H](C)C(=O)N(C)C. The summed E-state index contributed by atoms with van der Waals surface area (Å²) in [6, 6.07) is 7.99. The molecule has 0 bridgehead atoms. The number of methoxy groups -OCH3 is 1. The lowest BCUT2D eigenvalue weighted by Crippen LogP contribution is -2.31. The van der Waals surface area contributed by atoms with Crippen LogP contribution in [0.15, 0.2) is 24.3 Å². The summed E-state index contributed by atoms with van der Waals surface area (Å²) >= 11 is 0. The molecule has 1 amide bonds. The van der Waals surface area contributed by atoms with E-state index in [4.69, 9.17) is 4.74 Å². The molecule has 0 aliphatic rings. The van der Waals surface area contributed by atoms with E-state index >= 15 is 0 Å². The third-order valence-electron chi connectivity index (χ3n) is 3.40. The molecule has 0 aliphatic heterocycles. The minimum atomic E-state index is -0.0166. The van der Waals surface area contributed by atoms with E-state index in [2.05, 4.69) is 13.0 Å². The third-order valence-corrected chi connectivity index (χ3v) is 3.40. The number of benzene rings is 1. The first-order valence-corrected chi connectivity index (χ1v) is 6.36. The smallest absolute Gasteiger partial charge is 0.225 e. The normalized spacial score (nSPS) is 13.8. The fourth-order valence-corrected chi connectivity index (χ4v) is 2.33. The lowest BCUT2D eigenvalue weighted by molar-refractivity contribution is -0.133. The van der Waals surface area contributed by atoms with Gasteiger partial charge in [-0.2, -0.15) is 0 Å². The van der Waals surface area contributed by atoms with Crippen LogP contribution in [0.3, 0.4) is 0 Å². The Bertz CT molecular complexity index is 401. The van der Waals surface area contributed by atoms with Gasteiger partial charge in [-0.15, -0.1) is 0 Å². The van der Waals surface area contributed by atoms with Crippen LogP contribution in [0.2, 0.25) is 0 Å². The molecule has 18 heavy (non-hydrogen) atoms. The summed E-state index contributed by atoms with van der Waals surface area (Å²) in [6.45, 7) is 4.11. The summed E-state index contributed by atoms with van der Waals surface area (Å²) in [5, 5.41) is 0. The van der Waals surface area contributed by atoms with Gasteiger partial charge in [-0.25, -0.2) is 0 Å². The Hall–Kier alpha value is -1.51. The Labute approximate surface area is 110 Å². The zero-order valence-corrected chi connectivity index (χ0v) is 11.9. The largest absolute Gasteiger partial charge is 0.497 e. The molecule has 0 aliphatic carbocycles. The van der Waals surface area contributed by atoms with Gasteiger partial charge >= 0.3 is 0 Å². The van der Waals surface area contributed by atoms with Crippen molar-refractivity contribution in [2.24, 2.45) is 5.92 Å². The quantitative estimate of drug-likeness (QED) is 0.803. The first-order valence-electron chi connectivity index (χ1n) is 6.36. The average molecular weight is 249 g/mol. The summed E-state index contributed by atoms with van der Waals surface area (Å²) in [6.07, 6.45) is 0.938. The number of hydrogen-bond acceptors (Lipinski definition) is 2. The van der Waals surface area contributed by atoms with E-state index in [1.165, 1.54) is 5.56 Å². The molecule has 0 radical (unpaired) electrons. The van der Waals surface area contributed by atoms with Gasteiger partial charge in [-0.1, -0.05) is 26.0 Å². The van der Waals surface area contributed by atoms with Crippen LogP contribution in [0, 0.1) is 5.92 Å². The highest BCUT2D eigenvalue weighted by Gasteiger charge is 2.25. The molecular formula is C15H23NO2. The predicted octanol–water partition coefficient (Wildman–Crippen LogP) is 2.91. The Morgan fingerprint density at radius 2 is 2.06 bits per heavy atom. The summed E-state index contributed by atoms with van der Waals surface area (Å²) < 4.78 is 5.24. The molecule has 2 atom stereocenters. The van der Waals surface area contributed by atoms with Crippen LogP contribution in [-0.2, 0) is 4.79 Å².